The lowest BCUT2D eigenvalue weighted by Gasteiger charge is -2.25. The fourth-order valence-electron chi connectivity index (χ4n) is 1.99. The number of carbonyl (C=O) groups excluding carboxylic acids is 1. The number of carbonyl (C=O) groups is 1. The van der Waals surface area contributed by atoms with Gasteiger partial charge in [-0.05, 0) is 31.5 Å². The van der Waals surface area contributed by atoms with E-state index in [1.54, 1.807) is 0 Å². The van der Waals surface area contributed by atoms with Crippen LogP contribution in [0.3, 0.4) is 0 Å². The number of hydrogen-bond acceptors (Lipinski definition) is 3. The molecule has 0 fully saturated rings. The molecule has 1 aromatic carbocycles. The summed E-state index contributed by atoms with van der Waals surface area (Å²) in [5, 5.41) is 4.96. The van der Waals surface area contributed by atoms with Gasteiger partial charge in [0.05, 0.1) is 4.90 Å². The summed E-state index contributed by atoms with van der Waals surface area (Å²) in [6.07, 6.45) is 2.67. The van der Waals surface area contributed by atoms with Gasteiger partial charge < -0.3 is 4.90 Å². The highest BCUT2D eigenvalue weighted by atomic mass is 32.2. The predicted octanol–water partition coefficient (Wildman–Crippen LogP) is 1.27. The Morgan fingerprint density at radius 2 is 2.05 bits per heavy atom. The van der Waals surface area contributed by atoms with Gasteiger partial charge in [0, 0.05) is 18.7 Å². The van der Waals surface area contributed by atoms with Crippen LogP contribution >= 0.6 is 0 Å². The molecule has 5 nitrogen and oxygen atoms in total. The average molecular weight is 298 g/mol. The smallest absolute Gasteiger partial charge is 0.254 e. The average Bonchev–Trinajstić information content (AvgIpc) is 2.37. The van der Waals surface area contributed by atoms with Crippen LogP contribution in [0, 0.1) is 5.82 Å². The molecule has 0 bridgehead atoms. The van der Waals surface area contributed by atoms with Crippen molar-refractivity contribution in [2.45, 2.75) is 18.2 Å². The highest BCUT2D eigenvalue weighted by Gasteiger charge is 2.20. The monoisotopic (exact) mass is 298 g/mol. The molecule has 1 amide bonds. The van der Waals surface area contributed by atoms with Gasteiger partial charge in [0.2, 0.25) is 10.0 Å². The fourth-order valence-corrected chi connectivity index (χ4v) is 2.56. The number of halogens is 1. The Balaban J connectivity index is 2.33. The first-order valence-corrected chi connectivity index (χ1v) is 7.60. The summed E-state index contributed by atoms with van der Waals surface area (Å²) in [6.45, 7) is 2.94. The minimum Gasteiger partial charge on any atom is -0.335 e. The lowest BCUT2D eigenvalue weighted by molar-refractivity contribution is 0.0768. The van der Waals surface area contributed by atoms with Crippen molar-refractivity contribution in [3.63, 3.8) is 0 Å². The molecule has 0 radical (unpaired) electrons. The van der Waals surface area contributed by atoms with E-state index in [0.29, 0.717) is 13.1 Å². The Hall–Kier alpha value is -1.73. The Morgan fingerprint density at radius 1 is 1.35 bits per heavy atom. The molecule has 2 rings (SSSR count). The first kappa shape index (κ1) is 14.7. The molecule has 0 aliphatic carbocycles. The molecule has 108 valence electrons. The molecular weight excluding hydrogens is 283 g/mol. The van der Waals surface area contributed by atoms with Crippen molar-refractivity contribution < 1.29 is 17.6 Å². The summed E-state index contributed by atoms with van der Waals surface area (Å²) < 4.78 is 36.0. The summed E-state index contributed by atoms with van der Waals surface area (Å²) in [4.78, 5) is 13.4. The molecule has 20 heavy (non-hydrogen) atoms. The van der Waals surface area contributed by atoms with E-state index < -0.39 is 26.6 Å². The second-order valence-electron chi connectivity index (χ2n) is 4.77. The molecular formula is C13H15FN2O3S. The normalized spacial score (nSPS) is 15.9. The van der Waals surface area contributed by atoms with Crippen LogP contribution in [-0.4, -0.2) is 32.3 Å². The molecule has 1 aliphatic rings. The van der Waals surface area contributed by atoms with Gasteiger partial charge in [0.25, 0.3) is 5.91 Å². The quantitative estimate of drug-likeness (QED) is 0.835. The number of benzene rings is 1. The molecule has 7 heteroatoms. The number of sulfonamides is 1. The van der Waals surface area contributed by atoms with Crippen LogP contribution in [0.5, 0.6) is 0 Å². The first-order valence-electron chi connectivity index (χ1n) is 6.05. The largest absolute Gasteiger partial charge is 0.335 e. The third-order valence-electron chi connectivity index (χ3n) is 3.17. The fraction of sp³-hybridized carbons (Fsp3) is 0.308. The van der Waals surface area contributed by atoms with E-state index >= 15 is 0 Å². The second-order valence-corrected chi connectivity index (χ2v) is 6.33. The first-order chi connectivity index (χ1) is 9.27. The molecule has 0 spiro atoms. The summed E-state index contributed by atoms with van der Waals surface area (Å²) in [6, 6.07) is 2.92. The molecule has 0 atom stereocenters. The Morgan fingerprint density at radius 3 is 2.60 bits per heavy atom. The van der Waals surface area contributed by atoms with Gasteiger partial charge >= 0.3 is 0 Å². The van der Waals surface area contributed by atoms with Crippen molar-refractivity contribution in [3.05, 3.63) is 41.2 Å². The summed E-state index contributed by atoms with van der Waals surface area (Å²) in [5.41, 5.74) is 1.18. The van der Waals surface area contributed by atoms with Gasteiger partial charge in [-0.25, -0.2) is 17.9 Å². The zero-order valence-electron chi connectivity index (χ0n) is 11.0. The van der Waals surface area contributed by atoms with Crippen LogP contribution in [-0.2, 0) is 10.0 Å². The standard InChI is InChI=1S/C13H15FN2O3S/c1-9-2-4-16(5-3-9)13(17)10-6-11(14)8-12(7-10)20(15,18)19/h2,6-8H,3-5H2,1H3,(H2,15,18,19). The maximum absolute atomic E-state index is 13.4. The lowest BCUT2D eigenvalue weighted by atomic mass is 10.1. The molecule has 0 saturated heterocycles. The van der Waals surface area contributed by atoms with Gasteiger partial charge in [-0.2, -0.15) is 0 Å². The molecule has 0 aromatic heterocycles. The number of primary sulfonamides is 1. The zero-order valence-corrected chi connectivity index (χ0v) is 11.8. The molecule has 1 aliphatic heterocycles. The third-order valence-corrected chi connectivity index (χ3v) is 4.06. The van der Waals surface area contributed by atoms with E-state index in [-0.39, 0.29) is 5.56 Å². The van der Waals surface area contributed by atoms with Crippen LogP contribution < -0.4 is 5.14 Å². The van der Waals surface area contributed by atoms with Crippen molar-refractivity contribution in [1.82, 2.24) is 4.90 Å². The number of hydrogen-bond donors (Lipinski definition) is 1. The maximum atomic E-state index is 13.4. The van der Waals surface area contributed by atoms with Gasteiger partial charge in [0.15, 0.2) is 0 Å². The van der Waals surface area contributed by atoms with Crippen LogP contribution in [0.15, 0.2) is 34.7 Å². The zero-order chi connectivity index (χ0) is 14.9. The maximum Gasteiger partial charge on any atom is 0.254 e. The Bertz CT molecular complexity index is 683. The Labute approximate surface area is 116 Å². The number of amides is 1. The number of nitrogens with two attached hydrogens (primary N) is 1. The highest BCUT2D eigenvalue weighted by Crippen LogP contribution is 2.17. The van der Waals surface area contributed by atoms with E-state index in [2.05, 4.69) is 0 Å². The highest BCUT2D eigenvalue weighted by molar-refractivity contribution is 7.89. The Kier molecular flexibility index (Phi) is 3.92. The number of nitrogens with zero attached hydrogens (tertiary/aromatic N) is 1. The molecule has 2 N–H and O–H groups in total. The van der Waals surface area contributed by atoms with Gasteiger partial charge in [-0.3, -0.25) is 4.79 Å². The molecule has 0 saturated carbocycles. The van der Waals surface area contributed by atoms with Crippen LogP contribution in [0.4, 0.5) is 4.39 Å². The lowest BCUT2D eigenvalue weighted by Crippen LogP contribution is -2.34. The topological polar surface area (TPSA) is 80.5 Å². The van der Waals surface area contributed by atoms with Crippen LogP contribution in [0.1, 0.15) is 23.7 Å². The minimum atomic E-state index is -4.04. The van der Waals surface area contributed by atoms with E-state index in [4.69, 9.17) is 5.14 Å². The van der Waals surface area contributed by atoms with Gasteiger partial charge in [-0.1, -0.05) is 11.6 Å². The SMILES string of the molecule is CC1=CCN(C(=O)c2cc(F)cc(S(N)(=O)=O)c2)CC1. The van der Waals surface area contributed by atoms with Crippen molar-refractivity contribution in [2.24, 2.45) is 5.14 Å². The second kappa shape index (κ2) is 5.34. The van der Waals surface area contributed by atoms with E-state index in [1.807, 2.05) is 13.0 Å². The summed E-state index contributed by atoms with van der Waals surface area (Å²) in [7, 11) is -4.04. The molecule has 1 heterocycles. The van der Waals surface area contributed by atoms with E-state index in [1.165, 1.54) is 10.5 Å². The minimum absolute atomic E-state index is 0.0121. The van der Waals surface area contributed by atoms with Crippen LogP contribution in [0.25, 0.3) is 0 Å². The van der Waals surface area contributed by atoms with E-state index in [0.717, 1.165) is 24.6 Å². The number of rotatable bonds is 2. The van der Waals surface area contributed by atoms with Gasteiger partial charge in [0.1, 0.15) is 5.82 Å². The van der Waals surface area contributed by atoms with E-state index in [9.17, 15) is 17.6 Å². The summed E-state index contributed by atoms with van der Waals surface area (Å²) >= 11 is 0. The van der Waals surface area contributed by atoms with Crippen LogP contribution in [0.2, 0.25) is 0 Å². The third kappa shape index (κ3) is 3.23. The molecule has 0 unspecified atom stereocenters. The van der Waals surface area contributed by atoms with Crippen molar-refractivity contribution in [1.29, 1.82) is 0 Å². The van der Waals surface area contributed by atoms with Gasteiger partial charge in [-0.15, -0.1) is 0 Å². The molecule has 1 aromatic rings. The van der Waals surface area contributed by atoms with Crippen molar-refractivity contribution >= 4 is 15.9 Å². The summed E-state index contributed by atoms with van der Waals surface area (Å²) in [5.74, 6) is -1.21. The predicted molar refractivity (Wildman–Crippen MR) is 72.1 cm³/mol. The van der Waals surface area contributed by atoms with Crippen molar-refractivity contribution in [2.75, 3.05) is 13.1 Å². The van der Waals surface area contributed by atoms with Crippen molar-refractivity contribution in [3.8, 4) is 0 Å².